The molecule has 2 aromatic rings. The van der Waals surface area contributed by atoms with E-state index in [1.54, 1.807) is 24.3 Å². The Hall–Kier alpha value is -2.13. The number of para-hydroxylation sites is 1. The number of nitrogens with one attached hydrogen (secondary N) is 1. The minimum atomic E-state index is -0.577. The maximum absolute atomic E-state index is 11.6. The molecule has 0 radical (unpaired) electrons. The summed E-state index contributed by atoms with van der Waals surface area (Å²) in [6, 6.07) is 12.5. The number of rotatable bonds is 1. The van der Waals surface area contributed by atoms with Gasteiger partial charge in [0, 0.05) is 10.6 Å². The van der Waals surface area contributed by atoms with Crippen molar-refractivity contribution < 1.29 is 9.59 Å². The number of hydrogen-bond donors (Lipinski definition) is 1. The Kier molecular flexibility index (Phi) is 2.42. The van der Waals surface area contributed by atoms with Crippen molar-refractivity contribution in [2.45, 2.75) is 0 Å². The Morgan fingerprint density at radius 2 is 1.56 bits per heavy atom. The molecule has 3 rings (SSSR count). The van der Waals surface area contributed by atoms with Crippen LogP contribution in [0.2, 0.25) is 5.02 Å². The minimum absolute atomic E-state index is 0.424. The van der Waals surface area contributed by atoms with E-state index in [0.717, 1.165) is 11.1 Å². The molecule has 1 aliphatic heterocycles. The Balaban J connectivity index is 2.18. The molecule has 0 bridgehead atoms. The van der Waals surface area contributed by atoms with Crippen LogP contribution < -0.4 is 5.32 Å². The van der Waals surface area contributed by atoms with Gasteiger partial charge in [0.05, 0.1) is 11.3 Å². The highest BCUT2D eigenvalue weighted by molar-refractivity contribution is 6.52. The van der Waals surface area contributed by atoms with Crippen LogP contribution in [0.5, 0.6) is 0 Å². The monoisotopic (exact) mass is 257 g/mol. The zero-order valence-electron chi connectivity index (χ0n) is 9.24. The van der Waals surface area contributed by atoms with Gasteiger partial charge in [0.2, 0.25) is 0 Å². The fourth-order valence-corrected chi connectivity index (χ4v) is 2.16. The molecular weight excluding hydrogens is 250 g/mol. The maximum atomic E-state index is 11.6. The average molecular weight is 258 g/mol. The average Bonchev–Trinajstić information content (AvgIpc) is 2.67. The van der Waals surface area contributed by atoms with Crippen molar-refractivity contribution in [1.82, 2.24) is 0 Å². The number of Topliss-reactive ketones (excluding diaryl/α,β-unsaturated/α-hetero) is 1. The van der Waals surface area contributed by atoms with Gasteiger partial charge in [-0.2, -0.15) is 0 Å². The second-order valence-corrected chi connectivity index (χ2v) is 4.45. The topological polar surface area (TPSA) is 46.2 Å². The number of ketones is 1. The Bertz CT molecular complexity index is 662. The highest BCUT2D eigenvalue weighted by Crippen LogP contribution is 2.34. The van der Waals surface area contributed by atoms with Crippen LogP contribution >= 0.6 is 11.6 Å². The Labute approximate surface area is 108 Å². The first-order chi connectivity index (χ1) is 8.66. The zero-order chi connectivity index (χ0) is 12.7. The van der Waals surface area contributed by atoms with Gasteiger partial charge in [-0.25, -0.2) is 0 Å². The molecule has 18 heavy (non-hydrogen) atoms. The lowest BCUT2D eigenvalue weighted by Gasteiger charge is -2.07. The van der Waals surface area contributed by atoms with E-state index in [1.807, 2.05) is 18.2 Å². The number of amides is 1. The van der Waals surface area contributed by atoms with Crippen molar-refractivity contribution in [2.24, 2.45) is 0 Å². The highest BCUT2D eigenvalue weighted by Gasteiger charge is 2.29. The first kappa shape index (κ1) is 11.0. The van der Waals surface area contributed by atoms with Crippen LogP contribution in [0.3, 0.4) is 0 Å². The normalized spacial score (nSPS) is 13.4. The van der Waals surface area contributed by atoms with E-state index in [0.29, 0.717) is 16.3 Å². The first-order valence-electron chi connectivity index (χ1n) is 5.41. The van der Waals surface area contributed by atoms with Crippen LogP contribution in [-0.4, -0.2) is 11.7 Å². The molecule has 0 fully saturated rings. The summed E-state index contributed by atoms with van der Waals surface area (Å²) in [5, 5.41) is 3.25. The van der Waals surface area contributed by atoms with Gasteiger partial charge in [-0.1, -0.05) is 35.9 Å². The summed E-state index contributed by atoms with van der Waals surface area (Å²) in [7, 11) is 0. The number of carbonyl (C=O) groups excluding carboxylic acids is 2. The third kappa shape index (κ3) is 1.60. The summed E-state index contributed by atoms with van der Waals surface area (Å²) in [6.45, 7) is 0. The lowest BCUT2D eigenvalue weighted by Crippen LogP contribution is -2.12. The SMILES string of the molecule is O=C1Nc2c(cccc2-c2ccc(Cl)cc2)C1=O. The van der Waals surface area contributed by atoms with Crippen molar-refractivity contribution in [3.05, 3.63) is 53.1 Å². The van der Waals surface area contributed by atoms with Gasteiger partial charge in [-0.15, -0.1) is 0 Å². The van der Waals surface area contributed by atoms with Gasteiger partial charge >= 0.3 is 0 Å². The molecule has 1 aliphatic rings. The van der Waals surface area contributed by atoms with E-state index in [4.69, 9.17) is 11.6 Å². The number of hydrogen-bond acceptors (Lipinski definition) is 2. The molecule has 0 atom stereocenters. The summed E-state index contributed by atoms with van der Waals surface area (Å²) in [5.41, 5.74) is 2.73. The Morgan fingerprint density at radius 1 is 0.889 bits per heavy atom. The van der Waals surface area contributed by atoms with Crippen LogP contribution in [0.4, 0.5) is 5.69 Å². The van der Waals surface area contributed by atoms with E-state index in [9.17, 15) is 9.59 Å². The molecule has 0 saturated heterocycles. The molecule has 1 amide bonds. The predicted octanol–water partition coefficient (Wildman–Crippen LogP) is 3.14. The summed E-state index contributed by atoms with van der Waals surface area (Å²) in [6.07, 6.45) is 0. The molecule has 0 spiro atoms. The van der Waals surface area contributed by atoms with Gasteiger partial charge < -0.3 is 5.32 Å². The smallest absolute Gasteiger partial charge is 0.296 e. The number of anilines is 1. The van der Waals surface area contributed by atoms with Crippen LogP contribution in [0.15, 0.2) is 42.5 Å². The molecule has 0 unspecified atom stereocenters. The molecular formula is C14H8ClNO2. The van der Waals surface area contributed by atoms with E-state index in [-0.39, 0.29) is 0 Å². The zero-order valence-corrected chi connectivity index (χ0v) is 9.99. The molecule has 1 heterocycles. The van der Waals surface area contributed by atoms with Gasteiger partial charge in [0.1, 0.15) is 0 Å². The molecule has 0 aliphatic carbocycles. The number of benzene rings is 2. The van der Waals surface area contributed by atoms with Crippen LogP contribution in [0.1, 0.15) is 10.4 Å². The standard InChI is InChI=1S/C14H8ClNO2/c15-9-6-4-8(5-7-9)10-2-1-3-11-12(10)16-14(18)13(11)17/h1-7H,(H,16,17,18). The van der Waals surface area contributed by atoms with Crippen molar-refractivity contribution in [3.63, 3.8) is 0 Å². The van der Waals surface area contributed by atoms with Crippen LogP contribution in [0.25, 0.3) is 11.1 Å². The van der Waals surface area contributed by atoms with Crippen molar-refractivity contribution in [2.75, 3.05) is 5.32 Å². The molecule has 0 saturated carbocycles. The third-order valence-corrected chi connectivity index (χ3v) is 3.16. The van der Waals surface area contributed by atoms with Gasteiger partial charge in [-0.3, -0.25) is 9.59 Å². The van der Waals surface area contributed by atoms with E-state index < -0.39 is 11.7 Å². The molecule has 3 nitrogen and oxygen atoms in total. The van der Waals surface area contributed by atoms with Crippen LogP contribution in [-0.2, 0) is 4.79 Å². The lowest BCUT2D eigenvalue weighted by atomic mass is 10.0. The summed E-state index contributed by atoms with van der Waals surface area (Å²) < 4.78 is 0. The fraction of sp³-hybridized carbons (Fsp3) is 0. The summed E-state index contributed by atoms with van der Waals surface area (Å²) in [4.78, 5) is 23.0. The number of fused-ring (bicyclic) bond motifs is 1. The van der Waals surface area contributed by atoms with Crippen molar-refractivity contribution >= 4 is 29.0 Å². The summed E-state index contributed by atoms with van der Waals surface area (Å²) >= 11 is 5.84. The quantitative estimate of drug-likeness (QED) is 0.798. The summed E-state index contributed by atoms with van der Waals surface area (Å²) in [5.74, 6) is -1.06. The van der Waals surface area contributed by atoms with Gasteiger partial charge in [-0.05, 0) is 23.8 Å². The largest absolute Gasteiger partial charge is 0.318 e. The molecule has 0 aromatic heterocycles. The maximum Gasteiger partial charge on any atom is 0.296 e. The van der Waals surface area contributed by atoms with E-state index in [2.05, 4.69) is 5.32 Å². The van der Waals surface area contributed by atoms with Crippen molar-refractivity contribution in [3.8, 4) is 11.1 Å². The van der Waals surface area contributed by atoms with E-state index in [1.165, 1.54) is 0 Å². The van der Waals surface area contributed by atoms with Gasteiger partial charge in [0.15, 0.2) is 0 Å². The lowest BCUT2D eigenvalue weighted by molar-refractivity contribution is -0.112. The number of carbonyl (C=O) groups is 2. The third-order valence-electron chi connectivity index (χ3n) is 2.91. The predicted molar refractivity (Wildman–Crippen MR) is 69.8 cm³/mol. The van der Waals surface area contributed by atoms with E-state index >= 15 is 0 Å². The molecule has 88 valence electrons. The molecule has 2 aromatic carbocycles. The number of halogens is 1. The Morgan fingerprint density at radius 3 is 2.28 bits per heavy atom. The first-order valence-corrected chi connectivity index (χ1v) is 5.79. The van der Waals surface area contributed by atoms with Gasteiger partial charge in [0.25, 0.3) is 11.7 Å². The highest BCUT2D eigenvalue weighted by atomic mass is 35.5. The fourth-order valence-electron chi connectivity index (χ4n) is 2.04. The second kappa shape index (κ2) is 3.96. The molecule has 1 N–H and O–H groups in total. The molecule has 4 heteroatoms. The van der Waals surface area contributed by atoms with Crippen molar-refractivity contribution in [1.29, 1.82) is 0 Å². The minimum Gasteiger partial charge on any atom is -0.318 e. The van der Waals surface area contributed by atoms with Crippen LogP contribution in [0, 0.1) is 0 Å². The second-order valence-electron chi connectivity index (χ2n) is 4.02.